The van der Waals surface area contributed by atoms with Crippen molar-refractivity contribution in [2.45, 2.75) is 6.92 Å². The van der Waals surface area contributed by atoms with Crippen LogP contribution in [0.25, 0.3) is 6.08 Å². The highest BCUT2D eigenvalue weighted by molar-refractivity contribution is 5.57. The minimum absolute atomic E-state index is 0.0805. The first-order chi connectivity index (χ1) is 6.52. The van der Waals surface area contributed by atoms with Crippen LogP contribution in [0.15, 0.2) is 10.7 Å². The molecular formula is C8H11N3O3. The van der Waals surface area contributed by atoms with Gasteiger partial charge in [-0.2, -0.15) is 0 Å². The molecule has 0 bridgehead atoms. The van der Waals surface area contributed by atoms with Crippen LogP contribution in [-0.4, -0.2) is 29.1 Å². The van der Waals surface area contributed by atoms with E-state index in [-0.39, 0.29) is 17.1 Å². The van der Waals surface area contributed by atoms with Gasteiger partial charge >= 0.3 is 5.69 Å². The van der Waals surface area contributed by atoms with Crippen molar-refractivity contribution in [1.29, 1.82) is 0 Å². The zero-order valence-electron chi connectivity index (χ0n) is 8.22. The fourth-order valence-electron chi connectivity index (χ4n) is 0.936. The van der Waals surface area contributed by atoms with Gasteiger partial charge in [-0.15, -0.1) is 0 Å². The Morgan fingerprint density at radius 2 is 2.21 bits per heavy atom. The van der Waals surface area contributed by atoms with E-state index < -0.39 is 4.92 Å². The first-order valence-electron chi connectivity index (χ1n) is 3.97. The third-order valence-electron chi connectivity index (χ3n) is 1.57. The van der Waals surface area contributed by atoms with Gasteiger partial charge in [0.25, 0.3) is 0 Å². The Morgan fingerprint density at radius 3 is 2.71 bits per heavy atom. The van der Waals surface area contributed by atoms with Gasteiger partial charge in [0, 0.05) is 27.2 Å². The molecule has 1 aromatic heterocycles. The Balaban J connectivity index is 3.04. The van der Waals surface area contributed by atoms with Crippen molar-refractivity contribution in [2.24, 2.45) is 0 Å². The first kappa shape index (κ1) is 10.2. The monoisotopic (exact) mass is 197 g/mol. The molecule has 0 radical (unpaired) electrons. The molecule has 0 aliphatic heterocycles. The number of aryl methyl sites for hydroxylation is 1. The summed E-state index contributed by atoms with van der Waals surface area (Å²) in [6.45, 7) is 1.51. The Labute approximate surface area is 80.9 Å². The molecule has 1 aromatic rings. The van der Waals surface area contributed by atoms with Crippen LogP contribution in [0.3, 0.4) is 0 Å². The standard InChI is InChI=1S/C8H11N3O3/c1-6-8(11(12)13)7(9-14-6)4-5-10(2)3/h4-5H,1-3H3. The fourth-order valence-corrected chi connectivity index (χ4v) is 0.936. The van der Waals surface area contributed by atoms with E-state index in [2.05, 4.69) is 5.16 Å². The van der Waals surface area contributed by atoms with E-state index >= 15 is 0 Å². The summed E-state index contributed by atoms with van der Waals surface area (Å²) in [4.78, 5) is 11.9. The van der Waals surface area contributed by atoms with Crippen molar-refractivity contribution in [3.05, 3.63) is 27.8 Å². The number of rotatable bonds is 3. The number of aromatic nitrogens is 1. The number of hydrogen-bond acceptors (Lipinski definition) is 5. The second kappa shape index (κ2) is 3.91. The molecule has 0 saturated heterocycles. The SMILES string of the molecule is Cc1onc(C=CN(C)C)c1[N+](=O)[O-]. The number of hydrogen-bond donors (Lipinski definition) is 0. The Hall–Kier alpha value is -1.85. The Bertz CT molecular complexity index is 368. The van der Waals surface area contributed by atoms with Gasteiger partial charge in [0.15, 0.2) is 5.69 Å². The molecule has 0 fully saturated rings. The van der Waals surface area contributed by atoms with Crippen molar-refractivity contribution >= 4 is 11.8 Å². The second-order valence-corrected chi connectivity index (χ2v) is 3.01. The average Bonchev–Trinajstić information content (AvgIpc) is 2.43. The van der Waals surface area contributed by atoms with Crippen molar-refractivity contribution in [2.75, 3.05) is 14.1 Å². The van der Waals surface area contributed by atoms with E-state index in [0.717, 1.165) is 0 Å². The summed E-state index contributed by atoms with van der Waals surface area (Å²) < 4.78 is 4.73. The largest absolute Gasteiger partial charge is 0.383 e. The molecule has 0 unspecified atom stereocenters. The molecule has 0 amide bonds. The molecule has 1 heterocycles. The van der Waals surface area contributed by atoms with Crippen molar-refractivity contribution in [3.63, 3.8) is 0 Å². The lowest BCUT2D eigenvalue weighted by Crippen LogP contribution is -2.00. The van der Waals surface area contributed by atoms with Gasteiger partial charge in [-0.3, -0.25) is 10.1 Å². The van der Waals surface area contributed by atoms with Gasteiger partial charge in [0.05, 0.1) is 4.92 Å². The normalized spacial score (nSPS) is 10.8. The maximum atomic E-state index is 10.6. The van der Waals surface area contributed by atoms with Gasteiger partial charge in [-0.1, -0.05) is 5.16 Å². The van der Waals surface area contributed by atoms with Crippen LogP contribution in [-0.2, 0) is 0 Å². The van der Waals surface area contributed by atoms with Gasteiger partial charge in [0.2, 0.25) is 5.76 Å². The van der Waals surface area contributed by atoms with Crippen molar-refractivity contribution in [1.82, 2.24) is 10.1 Å². The fraction of sp³-hybridized carbons (Fsp3) is 0.375. The number of nitro groups is 1. The third kappa shape index (κ3) is 2.09. The summed E-state index contributed by atoms with van der Waals surface area (Å²) in [7, 11) is 3.63. The second-order valence-electron chi connectivity index (χ2n) is 3.01. The van der Waals surface area contributed by atoms with E-state index in [9.17, 15) is 10.1 Å². The smallest absolute Gasteiger partial charge is 0.338 e. The van der Waals surface area contributed by atoms with Crippen LogP contribution < -0.4 is 0 Å². The zero-order chi connectivity index (χ0) is 10.7. The lowest BCUT2D eigenvalue weighted by Gasteiger charge is -2.01. The lowest BCUT2D eigenvalue weighted by molar-refractivity contribution is -0.386. The topological polar surface area (TPSA) is 72.4 Å². The van der Waals surface area contributed by atoms with Crippen LogP contribution in [0.2, 0.25) is 0 Å². The van der Waals surface area contributed by atoms with Gasteiger partial charge < -0.3 is 9.42 Å². The summed E-state index contributed by atoms with van der Waals surface area (Å²) in [6.07, 6.45) is 3.21. The molecule has 6 heteroatoms. The average molecular weight is 197 g/mol. The predicted octanol–water partition coefficient (Wildman–Crippen LogP) is 1.42. The summed E-state index contributed by atoms with van der Waals surface area (Å²) in [5.74, 6) is 0.216. The summed E-state index contributed by atoms with van der Waals surface area (Å²) in [5.41, 5.74) is 0.157. The van der Waals surface area contributed by atoms with E-state index in [0.29, 0.717) is 0 Å². The first-order valence-corrected chi connectivity index (χ1v) is 3.97. The molecule has 6 nitrogen and oxygen atoms in total. The highest BCUT2D eigenvalue weighted by Gasteiger charge is 2.21. The molecule has 0 atom stereocenters. The molecule has 0 aromatic carbocycles. The summed E-state index contributed by atoms with van der Waals surface area (Å²) in [5, 5.41) is 14.2. The molecule has 14 heavy (non-hydrogen) atoms. The van der Waals surface area contributed by atoms with Gasteiger partial charge in [-0.05, 0) is 6.08 Å². The maximum absolute atomic E-state index is 10.6. The molecule has 1 rings (SSSR count). The highest BCUT2D eigenvalue weighted by Crippen LogP contribution is 2.23. The molecule has 0 aliphatic rings. The van der Waals surface area contributed by atoms with Crippen LogP contribution in [0, 0.1) is 17.0 Å². The van der Waals surface area contributed by atoms with E-state index in [1.165, 1.54) is 13.0 Å². The minimum atomic E-state index is -0.499. The quantitative estimate of drug-likeness (QED) is 0.541. The van der Waals surface area contributed by atoms with Crippen LogP contribution in [0.5, 0.6) is 0 Å². The molecule has 0 saturated carbocycles. The third-order valence-corrected chi connectivity index (χ3v) is 1.57. The van der Waals surface area contributed by atoms with Crippen LogP contribution in [0.1, 0.15) is 11.5 Å². The summed E-state index contributed by atoms with van der Waals surface area (Å²) >= 11 is 0. The van der Waals surface area contributed by atoms with E-state index in [4.69, 9.17) is 4.52 Å². The van der Waals surface area contributed by atoms with E-state index in [1.807, 2.05) is 14.1 Å². The van der Waals surface area contributed by atoms with Crippen molar-refractivity contribution < 1.29 is 9.45 Å². The maximum Gasteiger partial charge on any atom is 0.338 e. The Morgan fingerprint density at radius 1 is 1.57 bits per heavy atom. The lowest BCUT2D eigenvalue weighted by atomic mass is 10.3. The Kier molecular flexibility index (Phi) is 2.85. The minimum Gasteiger partial charge on any atom is -0.383 e. The van der Waals surface area contributed by atoms with Crippen LogP contribution >= 0.6 is 0 Å². The predicted molar refractivity (Wildman–Crippen MR) is 50.6 cm³/mol. The number of nitrogens with zero attached hydrogens (tertiary/aromatic N) is 3. The van der Waals surface area contributed by atoms with E-state index in [1.54, 1.807) is 11.1 Å². The molecule has 0 N–H and O–H groups in total. The van der Waals surface area contributed by atoms with Crippen LogP contribution in [0.4, 0.5) is 5.69 Å². The molecule has 76 valence electrons. The zero-order valence-corrected chi connectivity index (χ0v) is 8.22. The van der Waals surface area contributed by atoms with Crippen molar-refractivity contribution in [3.8, 4) is 0 Å². The highest BCUT2D eigenvalue weighted by atomic mass is 16.6. The molecule has 0 spiro atoms. The molecule has 0 aliphatic carbocycles. The van der Waals surface area contributed by atoms with Gasteiger partial charge in [-0.25, -0.2) is 0 Å². The van der Waals surface area contributed by atoms with Gasteiger partial charge in [0.1, 0.15) is 0 Å². The molecular weight excluding hydrogens is 186 g/mol. The summed E-state index contributed by atoms with van der Waals surface area (Å²) in [6, 6.07) is 0.